The SMILES string of the molecule is OC[C@H]1O[C@]2(OCc3cc4scc(Cc5cc6ccccc6s5)c4cc32)[C@H](O)[C@@H](O)[C@@H]1O. The second-order valence-electron chi connectivity index (χ2n) is 8.41. The highest BCUT2D eigenvalue weighted by Crippen LogP contribution is 2.48. The second kappa shape index (κ2) is 7.58. The molecule has 4 N–H and O–H groups in total. The maximum absolute atomic E-state index is 10.8. The summed E-state index contributed by atoms with van der Waals surface area (Å²) in [5.41, 5.74) is 2.68. The van der Waals surface area contributed by atoms with Crippen LogP contribution in [-0.2, 0) is 28.3 Å². The van der Waals surface area contributed by atoms with Gasteiger partial charge in [-0.15, -0.1) is 22.7 Å². The van der Waals surface area contributed by atoms with Crippen molar-refractivity contribution in [3.05, 3.63) is 69.4 Å². The first-order valence-electron chi connectivity index (χ1n) is 10.5. The molecule has 1 spiro atoms. The van der Waals surface area contributed by atoms with Gasteiger partial charge in [-0.1, -0.05) is 18.2 Å². The molecule has 6 rings (SSSR count). The van der Waals surface area contributed by atoms with Crippen LogP contribution >= 0.6 is 22.7 Å². The molecule has 1 fully saturated rings. The van der Waals surface area contributed by atoms with Gasteiger partial charge in [-0.25, -0.2) is 0 Å². The summed E-state index contributed by atoms with van der Waals surface area (Å²) in [6, 6.07) is 14.6. The number of fused-ring (bicyclic) bond motifs is 4. The van der Waals surface area contributed by atoms with E-state index in [2.05, 4.69) is 23.6 Å². The summed E-state index contributed by atoms with van der Waals surface area (Å²) in [6.07, 6.45) is -4.65. The van der Waals surface area contributed by atoms with E-state index < -0.39 is 36.8 Å². The first kappa shape index (κ1) is 20.7. The standard InChI is InChI=1S/C24H22O6S2/c25-9-18-21(26)22(27)23(28)24(30-18)17-8-16-14(11-31-20(16)7-13(17)10-29-24)6-15-5-12-3-1-2-4-19(12)32-15/h1-5,7-8,11,18,21-23,25-28H,6,9-10H2/t18-,21-,22+,23-,24+/m1/s1. The Bertz CT molecular complexity index is 1280. The highest BCUT2D eigenvalue weighted by Gasteiger charge is 2.58. The zero-order valence-electron chi connectivity index (χ0n) is 17.0. The van der Waals surface area contributed by atoms with Gasteiger partial charge in [0.25, 0.3) is 0 Å². The molecule has 0 saturated carbocycles. The third kappa shape index (κ3) is 2.99. The molecule has 166 valence electrons. The molecule has 0 aliphatic carbocycles. The summed E-state index contributed by atoms with van der Waals surface area (Å²) in [4.78, 5) is 1.27. The number of rotatable bonds is 3. The van der Waals surface area contributed by atoms with E-state index in [0.717, 1.165) is 22.1 Å². The molecule has 32 heavy (non-hydrogen) atoms. The lowest BCUT2D eigenvalue weighted by Crippen LogP contribution is -2.63. The normalized spacial score (nSPS) is 29.9. The molecule has 2 aromatic heterocycles. The monoisotopic (exact) mass is 470 g/mol. The van der Waals surface area contributed by atoms with Crippen LogP contribution in [0, 0.1) is 0 Å². The maximum atomic E-state index is 10.8. The van der Waals surface area contributed by atoms with Crippen molar-refractivity contribution in [2.75, 3.05) is 6.61 Å². The Kier molecular flexibility index (Phi) is 4.90. The van der Waals surface area contributed by atoms with Crippen LogP contribution in [0.25, 0.3) is 20.2 Å². The number of aliphatic hydroxyl groups excluding tert-OH is 4. The lowest BCUT2D eigenvalue weighted by Gasteiger charge is -2.46. The van der Waals surface area contributed by atoms with Crippen LogP contribution < -0.4 is 0 Å². The molecule has 0 radical (unpaired) electrons. The predicted octanol–water partition coefficient (Wildman–Crippen LogP) is 2.86. The summed E-state index contributed by atoms with van der Waals surface area (Å²) >= 11 is 3.45. The van der Waals surface area contributed by atoms with Crippen molar-refractivity contribution >= 4 is 42.8 Å². The molecule has 8 heteroatoms. The Labute approximate surface area is 191 Å². The predicted molar refractivity (Wildman–Crippen MR) is 123 cm³/mol. The van der Waals surface area contributed by atoms with Crippen molar-refractivity contribution < 1.29 is 29.9 Å². The van der Waals surface area contributed by atoms with Gasteiger partial charge in [0.2, 0.25) is 5.79 Å². The minimum Gasteiger partial charge on any atom is -0.394 e. The zero-order chi connectivity index (χ0) is 22.0. The van der Waals surface area contributed by atoms with Crippen LogP contribution in [0.2, 0.25) is 0 Å². The Morgan fingerprint density at radius 3 is 2.69 bits per heavy atom. The van der Waals surface area contributed by atoms with Crippen LogP contribution in [-0.4, -0.2) is 51.4 Å². The van der Waals surface area contributed by atoms with Crippen LogP contribution in [0.5, 0.6) is 0 Å². The van der Waals surface area contributed by atoms with Crippen LogP contribution in [0.3, 0.4) is 0 Å². The number of thiophene rings is 2. The average molecular weight is 471 g/mol. The van der Waals surface area contributed by atoms with Crippen molar-refractivity contribution in [1.82, 2.24) is 0 Å². The largest absolute Gasteiger partial charge is 0.394 e. The molecule has 5 atom stereocenters. The zero-order valence-corrected chi connectivity index (χ0v) is 18.6. The number of benzene rings is 2. The van der Waals surface area contributed by atoms with Gasteiger partial charge in [-0.3, -0.25) is 0 Å². The molecule has 0 bridgehead atoms. The molecule has 6 nitrogen and oxygen atoms in total. The fourth-order valence-corrected chi connectivity index (χ4v) is 6.90. The van der Waals surface area contributed by atoms with E-state index >= 15 is 0 Å². The van der Waals surface area contributed by atoms with Crippen molar-refractivity contribution in [2.24, 2.45) is 0 Å². The summed E-state index contributed by atoms with van der Waals surface area (Å²) in [5.74, 6) is -1.62. The molecule has 2 aromatic carbocycles. The van der Waals surface area contributed by atoms with E-state index in [4.69, 9.17) is 9.47 Å². The molecular formula is C24H22O6S2. The van der Waals surface area contributed by atoms with Gasteiger partial charge in [0, 0.05) is 26.3 Å². The first-order valence-corrected chi connectivity index (χ1v) is 12.2. The summed E-state index contributed by atoms with van der Waals surface area (Å²) in [6.45, 7) is -0.282. The summed E-state index contributed by atoms with van der Waals surface area (Å²) in [7, 11) is 0. The number of hydrogen-bond acceptors (Lipinski definition) is 8. The van der Waals surface area contributed by atoms with E-state index in [0.29, 0.717) is 5.56 Å². The fraction of sp³-hybridized carbons (Fsp3) is 0.333. The minimum atomic E-state index is -1.62. The average Bonchev–Trinajstić information content (AvgIpc) is 3.49. The number of ether oxygens (including phenoxy) is 2. The molecule has 4 aromatic rings. The van der Waals surface area contributed by atoms with E-state index in [1.165, 1.54) is 20.5 Å². The van der Waals surface area contributed by atoms with Crippen LogP contribution in [0.1, 0.15) is 21.6 Å². The third-order valence-corrected chi connectivity index (χ3v) is 8.60. The molecule has 0 amide bonds. The smallest absolute Gasteiger partial charge is 0.225 e. The highest BCUT2D eigenvalue weighted by molar-refractivity contribution is 7.19. The highest BCUT2D eigenvalue weighted by atomic mass is 32.1. The van der Waals surface area contributed by atoms with E-state index in [-0.39, 0.29) is 6.61 Å². The lowest BCUT2D eigenvalue weighted by atomic mass is 9.87. The Morgan fingerprint density at radius 2 is 1.88 bits per heavy atom. The topological polar surface area (TPSA) is 99.4 Å². The molecule has 1 saturated heterocycles. The molecule has 0 unspecified atom stereocenters. The third-order valence-electron chi connectivity index (χ3n) is 6.49. The fourth-order valence-electron chi connectivity index (χ4n) is 4.81. The lowest BCUT2D eigenvalue weighted by molar-refractivity contribution is -0.368. The minimum absolute atomic E-state index is 0.215. The van der Waals surface area contributed by atoms with Gasteiger partial charge < -0.3 is 29.9 Å². The van der Waals surface area contributed by atoms with Crippen LogP contribution in [0.4, 0.5) is 0 Å². The van der Waals surface area contributed by atoms with E-state index in [9.17, 15) is 20.4 Å². The van der Waals surface area contributed by atoms with Gasteiger partial charge in [0.1, 0.15) is 24.4 Å². The molecule has 2 aliphatic heterocycles. The van der Waals surface area contributed by atoms with Gasteiger partial charge in [0.15, 0.2) is 0 Å². The van der Waals surface area contributed by atoms with Crippen LogP contribution in [0.15, 0.2) is 47.8 Å². The van der Waals surface area contributed by atoms with Crippen molar-refractivity contribution in [3.63, 3.8) is 0 Å². The first-order chi connectivity index (χ1) is 15.5. The summed E-state index contributed by atoms with van der Waals surface area (Å²) < 4.78 is 14.2. The van der Waals surface area contributed by atoms with Gasteiger partial charge in [-0.2, -0.15) is 0 Å². The Hall–Kier alpha value is -1.88. The maximum Gasteiger partial charge on any atom is 0.225 e. The van der Waals surface area contributed by atoms with Gasteiger partial charge >= 0.3 is 0 Å². The molecule has 4 heterocycles. The van der Waals surface area contributed by atoms with Gasteiger partial charge in [0.05, 0.1) is 13.2 Å². The van der Waals surface area contributed by atoms with Crippen molar-refractivity contribution in [3.8, 4) is 0 Å². The van der Waals surface area contributed by atoms with Gasteiger partial charge in [-0.05, 0) is 51.5 Å². The Balaban J connectivity index is 1.42. The number of hydrogen-bond donors (Lipinski definition) is 4. The van der Waals surface area contributed by atoms with Crippen molar-refractivity contribution in [1.29, 1.82) is 0 Å². The Morgan fingerprint density at radius 1 is 1.03 bits per heavy atom. The van der Waals surface area contributed by atoms with Crippen molar-refractivity contribution in [2.45, 2.75) is 43.2 Å². The van der Waals surface area contributed by atoms with E-state index in [1.807, 2.05) is 24.3 Å². The quantitative estimate of drug-likeness (QED) is 0.368. The van der Waals surface area contributed by atoms with E-state index in [1.54, 1.807) is 22.7 Å². The number of aliphatic hydroxyl groups is 4. The molecule has 2 aliphatic rings. The molecular weight excluding hydrogens is 448 g/mol. The second-order valence-corrected chi connectivity index (χ2v) is 10.5. The summed E-state index contributed by atoms with van der Waals surface area (Å²) in [5, 5.41) is 45.5.